The largest absolute Gasteiger partial charge is 0.342 e. The minimum absolute atomic E-state index is 0.0341. The minimum Gasteiger partial charge on any atom is -0.342 e. The lowest BCUT2D eigenvalue weighted by molar-refractivity contribution is -0.112. The van der Waals surface area contributed by atoms with Crippen molar-refractivity contribution in [3.63, 3.8) is 0 Å². The number of thiazole rings is 1. The number of para-hydroxylation sites is 2. The molecule has 1 amide bonds. The molecule has 0 unspecified atom stereocenters. The molecule has 0 bridgehead atoms. The van der Waals surface area contributed by atoms with E-state index < -0.39 is 5.91 Å². The van der Waals surface area contributed by atoms with E-state index in [1.807, 2.05) is 79.0 Å². The maximum Gasteiger partial charge on any atom is 0.268 e. The molecule has 0 aliphatic rings. The van der Waals surface area contributed by atoms with Crippen molar-refractivity contribution in [2.45, 2.75) is 6.54 Å². The molecule has 0 atom stereocenters. The summed E-state index contributed by atoms with van der Waals surface area (Å²) in [6.07, 6.45) is 3.63. The van der Waals surface area contributed by atoms with Gasteiger partial charge in [0.15, 0.2) is 5.13 Å². The van der Waals surface area contributed by atoms with Crippen molar-refractivity contribution in [3.8, 4) is 6.07 Å². The van der Waals surface area contributed by atoms with Crippen molar-refractivity contribution < 1.29 is 4.79 Å². The highest BCUT2D eigenvalue weighted by Gasteiger charge is 2.15. The fraction of sp³-hybridized carbons (Fsp3) is 0.0385. The third-order valence-corrected chi connectivity index (χ3v) is 6.15. The first-order valence-corrected chi connectivity index (χ1v) is 10.9. The Bertz CT molecular complexity index is 1470. The van der Waals surface area contributed by atoms with Crippen LogP contribution in [-0.4, -0.2) is 15.5 Å². The van der Waals surface area contributed by atoms with Gasteiger partial charge in [-0.25, -0.2) is 4.98 Å². The molecular formula is C26H18N4OS. The van der Waals surface area contributed by atoms with Gasteiger partial charge in [0.2, 0.25) is 0 Å². The Balaban J connectivity index is 1.47. The van der Waals surface area contributed by atoms with Crippen molar-refractivity contribution in [2.75, 3.05) is 5.32 Å². The third kappa shape index (κ3) is 3.89. The Morgan fingerprint density at radius 1 is 1.03 bits per heavy atom. The summed E-state index contributed by atoms with van der Waals surface area (Å²) in [5.41, 5.74) is 3.91. The lowest BCUT2D eigenvalue weighted by atomic mass is 10.1. The van der Waals surface area contributed by atoms with Gasteiger partial charge in [-0.15, -0.1) is 0 Å². The summed E-state index contributed by atoms with van der Waals surface area (Å²) in [5, 5.41) is 13.9. The molecule has 2 aromatic heterocycles. The molecule has 154 valence electrons. The molecule has 3 aromatic carbocycles. The lowest BCUT2D eigenvalue weighted by Gasteiger charge is -2.05. The lowest BCUT2D eigenvalue weighted by Crippen LogP contribution is -2.13. The van der Waals surface area contributed by atoms with Gasteiger partial charge in [-0.2, -0.15) is 5.26 Å². The Morgan fingerprint density at radius 3 is 2.59 bits per heavy atom. The van der Waals surface area contributed by atoms with Crippen LogP contribution in [0.5, 0.6) is 0 Å². The number of aromatic nitrogens is 2. The SMILES string of the molecule is N#CC(=Cc1cn(Cc2ccccc2)c2ccccc12)C(=O)Nc1nc2ccccc2s1. The molecule has 5 nitrogen and oxygen atoms in total. The Kier molecular flexibility index (Phi) is 5.24. The second-order valence-corrected chi connectivity index (χ2v) is 8.36. The van der Waals surface area contributed by atoms with E-state index in [0.717, 1.165) is 26.7 Å². The number of hydrogen-bond donors (Lipinski definition) is 1. The molecule has 5 aromatic rings. The number of carbonyl (C=O) groups is 1. The second kappa shape index (κ2) is 8.50. The zero-order valence-electron chi connectivity index (χ0n) is 17.0. The number of benzene rings is 3. The summed E-state index contributed by atoms with van der Waals surface area (Å²) in [4.78, 5) is 17.2. The standard InChI is InChI=1S/C26H18N4OS/c27-15-19(25(31)29-26-28-22-11-5-7-13-24(22)32-26)14-20-17-30(16-18-8-2-1-3-9-18)23-12-6-4-10-21(20)23/h1-14,17H,16H2,(H,28,29,31). The zero-order valence-corrected chi connectivity index (χ0v) is 17.8. The molecular weight excluding hydrogens is 416 g/mol. The Morgan fingerprint density at radius 2 is 1.78 bits per heavy atom. The number of rotatable bonds is 5. The highest BCUT2D eigenvalue weighted by Crippen LogP contribution is 2.27. The van der Waals surface area contributed by atoms with Gasteiger partial charge in [0.25, 0.3) is 5.91 Å². The van der Waals surface area contributed by atoms with Crippen LogP contribution in [0, 0.1) is 11.3 Å². The van der Waals surface area contributed by atoms with Gasteiger partial charge >= 0.3 is 0 Å². The Hall–Kier alpha value is -4.21. The summed E-state index contributed by atoms with van der Waals surface area (Å²) in [5.74, 6) is -0.466. The highest BCUT2D eigenvalue weighted by atomic mass is 32.1. The summed E-state index contributed by atoms with van der Waals surface area (Å²) in [6.45, 7) is 0.703. The number of nitriles is 1. The van der Waals surface area contributed by atoms with Gasteiger partial charge in [-0.05, 0) is 29.8 Å². The molecule has 32 heavy (non-hydrogen) atoms. The molecule has 0 aliphatic carbocycles. The van der Waals surface area contributed by atoms with Gasteiger partial charge in [0.05, 0.1) is 10.2 Å². The van der Waals surface area contributed by atoms with Gasteiger partial charge in [0, 0.05) is 29.2 Å². The molecule has 2 heterocycles. The van der Waals surface area contributed by atoms with Crippen molar-refractivity contribution in [3.05, 3.63) is 102 Å². The number of hydrogen-bond acceptors (Lipinski definition) is 4. The Labute approximate surface area is 188 Å². The van der Waals surface area contributed by atoms with Crippen LogP contribution in [0.25, 0.3) is 27.2 Å². The summed E-state index contributed by atoms with van der Waals surface area (Å²) in [6, 6.07) is 27.9. The van der Waals surface area contributed by atoms with Crippen molar-refractivity contribution >= 4 is 49.6 Å². The first-order valence-electron chi connectivity index (χ1n) is 10.1. The summed E-state index contributed by atoms with van der Waals surface area (Å²) in [7, 11) is 0. The van der Waals surface area contributed by atoms with Crippen LogP contribution in [0.15, 0.2) is 90.6 Å². The van der Waals surface area contributed by atoms with E-state index in [-0.39, 0.29) is 5.57 Å². The molecule has 0 spiro atoms. The maximum atomic E-state index is 12.8. The quantitative estimate of drug-likeness (QED) is 0.279. The third-order valence-electron chi connectivity index (χ3n) is 5.19. The van der Waals surface area contributed by atoms with Crippen LogP contribution in [-0.2, 0) is 11.3 Å². The van der Waals surface area contributed by atoms with Gasteiger partial charge in [-0.1, -0.05) is 72.0 Å². The van der Waals surface area contributed by atoms with E-state index in [2.05, 4.69) is 27.0 Å². The van der Waals surface area contributed by atoms with Crippen LogP contribution in [0.1, 0.15) is 11.1 Å². The molecule has 0 fully saturated rings. The molecule has 1 N–H and O–H groups in total. The molecule has 6 heteroatoms. The average Bonchev–Trinajstić information content (AvgIpc) is 3.39. The van der Waals surface area contributed by atoms with E-state index in [1.54, 1.807) is 6.08 Å². The number of anilines is 1. The van der Waals surface area contributed by atoms with Crippen molar-refractivity contribution in [2.24, 2.45) is 0 Å². The molecule has 0 saturated heterocycles. The van der Waals surface area contributed by atoms with Crippen LogP contribution in [0.2, 0.25) is 0 Å². The zero-order chi connectivity index (χ0) is 21.9. The normalized spacial score (nSPS) is 11.5. The molecule has 0 saturated carbocycles. The van der Waals surface area contributed by atoms with E-state index >= 15 is 0 Å². The van der Waals surface area contributed by atoms with Crippen LogP contribution in [0.3, 0.4) is 0 Å². The van der Waals surface area contributed by atoms with E-state index in [9.17, 15) is 10.1 Å². The fourth-order valence-corrected chi connectivity index (χ4v) is 4.56. The summed E-state index contributed by atoms with van der Waals surface area (Å²) < 4.78 is 3.12. The maximum absolute atomic E-state index is 12.8. The van der Waals surface area contributed by atoms with Gasteiger partial charge < -0.3 is 4.57 Å². The smallest absolute Gasteiger partial charge is 0.268 e. The van der Waals surface area contributed by atoms with Crippen LogP contribution < -0.4 is 5.32 Å². The number of amides is 1. The predicted molar refractivity (Wildman–Crippen MR) is 129 cm³/mol. The van der Waals surface area contributed by atoms with Crippen molar-refractivity contribution in [1.82, 2.24) is 9.55 Å². The highest BCUT2D eigenvalue weighted by molar-refractivity contribution is 7.22. The summed E-state index contributed by atoms with van der Waals surface area (Å²) >= 11 is 1.38. The number of carbonyl (C=O) groups excluding carboxylic acids is 1. The van der Waals surface area contributed by atoms with Crippen LogP contribution >= 0.6 is 11.3 Å². The van der Waals surface area contributed by atoms with E-state index in [4.69, 9.17) is 0 Å². The van der Waals surface area contributed by atoms with Crippen LogP contribution in [0.4, 0.5) is 5.13 Å². The van der Waals surface area contributed by atoms with Crippen molar-refractivity contribution in [1.29, 1.82) is 5.26 Å². The monoisotopic (exact) mass is 434 g/mol. The van der Waals surface area contributed by atoms with E-state index in [0.29, 0.717) is 11.7 Å². The first kappa shape index (κ1) is 19.7. The van der Waals surface area contributed by atoms with Gasteiger partial charge in [-0.3, -0.25) is 10.1 Å². The number of nitrogens with zero attached hydrogens (tertiary/aromatic N) is 3. The number of fused-ring (bicyclic) bond motifs is 2. The van der Waals surface area contributed by atoms with Gasteiger partial charge in [0.1, 0.15) is 11.6 Å². The number of nitrogens with one attached hydrogen (secondary N) is 1. The molecule has 0 radical (unpaired) electrons. The second-order valence-electron chi connectivity index (χ2n) is 7.33. The topological polar surface area (TPSA) is 70.7 Å². The average molecular weight is 435 g/mol. The first-order chi connectivity index (χ1) is 15.7. The minimum atomic E-state index is -0.466. The fourth-order valence-electron chi connectivity index (χ4n) is 3.70. The molecule has 0 aliphatic heterocycles. The predicted octanol–water partition coefficient (Wildman–Crippen LogP) is 5.84. The molecule has 5 rings (SSSR count). The van der Waals surface area contributed by atoms with E-state index in [1.165, 1.54) is 16.9 Å².